The van der Waals surface area contributed by atoms with Crippen LogP contribution >= 0.6 is 11.8 Å². The van der Waals surface area contributed by atoms with E-state index >= 15 is 0 Å². The summed E-state index contributed by atoms with van der Waals surface area (Å²) in [7, 11) is 0. The van der Waals surface area contributed by atoms with Gasteiger partial charge in [-0.1, -0.05) is 48.5 Å². The van der Waals surface area contributed by atoms with Gasteiger partial charge in [-0.3, -0.25) is 4.79 Å². The zero-order valence-electron chi connectivity index (χ0n) is 19.6. The molecule has 2 aromatic rings. The van der Waals surface area contributed by atoms with E-state index in [0.717, 1.165) is 11.1 Å². The molecule has 186 valence electrons. The number of amides is 2. The van der Waals surface area contributed by atoms with Crippen molar-refractivity contribution < 1.29 is 29.0 Å². The Morgan fingerprint density at radius 1 is 1.11 bits per heavy atom. The molecule has 9 heteroatoms. The van der Waals surface area contributed by atoms with Crippen LogP contribution in [0.25, 0.3) is 11.1 Å². The quantitative estimate of drug-likeness (QED) is 0.461. The average Bonchev–Trinajstić information content (AvgIpc) is 3.47. The Bertz CT molecular complexity index is 1030. The maximum absolute atomic E-state index is 12.5. The SMILES string of the molecule is CSCC[C@@H](NC(=O)[C@@H]1CO[C@H](CNC(=O)OCC2c3ccccc3-c3ccccc32)C1)C(=O)O. The van der Waals surface area contributed by atoms with Gasteiger partial charge >= 0.3 is 12.1 Å². The fourth-order valence-corrected chi connectivity index (χ4v) is 5.13. The van der Waals surface area contributed by atoms with Gasteiger partial charge in [0.25, 0.3) is 0 Å². The molecule has 0 bridgehead atoms. The molecule has 3 N–H and O–H groups in total. The average molecular weight is 499 g/mol. The molecule has 0 radical (unpaired) electrons. The van der Waals surface area contributed by atoms with E-state index in [4.69, 9.17) is 9.47 Å². The van der Waals surface area contributed by atoms with Crippen molar-refractivity contribution in [2.45, 2.75) is 30.9 Å². The van der Waals surface area contributed by atoms with E-state index in [0.29, 0.717) is 18.6 Å². The molecular formula is C26H30N2O6S. The second-order valence-electron chi connectivity index (χ2n) is 8.78. The Labute approximate surface area is 208 Å². The van der Waals surface area contributed by atoms with Crippen LogP contribution in [0.3, 0.4) is 0 Å². The molecule has 0 saturated carbocycles. The van der Waals surface area contributed by atoms with Gasteiger partial charge in [0.2, 0.25) is 5.91 Å². The summed E-state index contributed by atoms with van der Waals surface area (Å²) in [5, 5.41) is 14.6. The second kappa shape index (κ2) is 11.6. The number of carboxylic acid groups (broad SMARTS) is 1. The molecule has 1 aliphatic heterocycles. The molecule has 1 heterocycles. The van der Waals surface area contributed by atoms with Gasteiger partial charge < -0.3 is 25.2 Å². The van der Waals surface area contributed by atoms with Crippen LogP contribution < -0.4 is 10.6 Å². The van der Waals surface area contributed by atoms with Crippen LogP contribution in [0.5, 0.6) is 0 Å². The summed E-state index contributed by atoms with van der Waals surface area (Å²) in [6.45, 7) is 0.635. The van der Waals surface area contributed by atoms with Gasteiger partial charge in [-0.15, -0.1) is 0 Å². The molecule has 35 heavy (non-hydrogen) atoms. The van der Waals surface area contributed by atoms with Crippen LogP contribution in [0.1, 0.15) is 29.9 Å². The minimum Gasteiger partial charge on any atom is -0.480 e. The molecule has 1 saturated heterocycles. The molecular weight excluding hydrogens is 468 g/mol. The number of hydrogen-bond acceptors (Lipinski definition) is 6. The predicted molar refractivity (Wildman–Crippen MR) is 133 cm³/mol. The highest BCUT2D eigenvalue weighted by Crippen LogP contribution is 2.44. The Morgan fingerprint density at radius 2 is 1.77 bits per heavy atom. The number of rotatable bonds is 10. The molecule has 2 aromatic carbocycles. The third-order valence-electron chi connectivity index (χ3n) is 6.49. The molecule has 3 atom stereocenters. The molecule has 8 nitrogen and oxygen atoms in total. The number of benzene rings is 2. The number of hydrogen-bond donors (Lipinski definition) is 3. The molecule has 0 unspecified atom stereocenters. The number of aliphatic carboxylic acids is 1. The fourth-order valence-electron chi connectivity index (χ4n) is 4.66. The third-order valence-corrected chi connectivity index (χ3v) is 7.14. The number of carbonyl (C=O) groups excluding carboxylic acids is 2. The zero-order valence-corrected chi connectivity index (χ0v) is 20.4. The van der Waals surface area contributed by atoms with Gasteiger partial charge in [0, 0.05) is 12.5 Å². The number of carbonyl (C=O) groups is 3. The van der Waals surface area contributed by atoms with E-state index in [9.17, 15) is 19.5 Å². The summed E-state index contributed by atoms with van der Waals surface area (Å²) in [5.74, 6) is -1.19. The first-order chi connectivity index (χ1) is 17.0. The van der Waals surface area contributed by atoms with E-state index in [-0.39, 0.29) is 37.7 Å². The van der Waals surface area contributed by atoms with Gasteiger partial charge in [-0.05, 0) is 47.1 Å². The van der Waals surface area contributed by atoms with Crippen molar-refractivity contribution in [2.24, 2.45) is 5.92 Å². The largest absolute Gasteiger partial charge is 0.480 e. The van der Waals surface area contributed by atoms with E-state index in [1.165, 1.54) is 22.9 Å². The van der Waals surface area contributed by atoms with Gasteiger partial charge in [0.05, 0.1) is 18.6 Å². The highest BCUT2D eigenvalue weighted by Gasteiger charge is 2.33. The minimum absolute atomic E-state index is 0.0164. The summed E-state index contributed by atoms with van der Waals surface area (Å²) in [4.78, 5) is 36.2. The molecule has 1 aliphatic carbocycles. The van der Waals surface area contributed by atoms with Crippen LogP contribution in [0.4, 0.5) is 4.79 Å². The van der Waals surface area contributed by atoms with Crippen molar-refractivity contribution in [3.63, 3.8) is 0 Å². The standard InChI is InChI=1S/C26H30N2O6S/c1-35-11-10-23(25(30)31)28-24(29)16-12-17(33-14-16)13-27-26(32)34-15-22-20-8-4-2-6-18(20)19-7-3-5-9-21(19)22/h2-9,16-17,22-23H,10-15H2,1H3,(H,27,32)(H,28,29)(H,30,31)/t16-,17-,23+/m0/s1. The monoisotopic (exact) mass is 498 g/mol. The normalized spacial score (nSPS) is 19.5. The van der Waals surface area contributed by atoms with Crippen molar-refractivity contribution >= 4 is 29.7 Å². The predicted octanol–water partition coefficient (Wildman–Crippen LogP) is 3.25. The smallest absolute Gasteiger partial charge is 0.407 e. The molecule has 2 aliphatic rings. The maximum Gasteiger partial charge on any atom is 0.407 e. The molecule has 2 amide bonds. The van der Waals surface area contributed by atoms with E-state index in [1.54, 1.807) is 0 Å². The number of thioether (sulfide) groups is 1. The van der Waals surface area contributed by atoms with Gasteiger partial charge in [-0.25, -0.2) is 9.59 Å². The molecule has 4 rings (SSSR count). The number of alkyl carbamates (subject to hydrolysis) is 1. The summed E-state index contributed by atoms with van der Waals surface area (Å²) in [6, 6.07) is 15.4. The molecule has 0 spiro atoms. The summed E-state index contributed by atoms with van der Waals surface area (Å²) in [6.07, 6.45) is 1.79. The third kappa shape index (κ3) is 5.97. The first-order valence-corrected chi connectivity index (χ1v) is 13.1. The number of nitrogens with one attached hydrogen (secondary N) is 2. The number of ether oxygens (including phenoxy) is 2. The van der Waals surface area contributed by atoms with Crippen LogP contribution in [0.15, 0.2) is 48.5 Å². The highest BCUT2D eigenvalue weighted by molar-refractivity contribution is 7.98. The summed E-state index contributed by atoms with van der Waals surface area (Å²) < 4.78 is 11.2. The topological polar surface area (TPSA) is 114 Å². The second-order valence-corrected chi connectivity index (χ2v) is 9.76. The van der Waals surface area contributed by atoms with E-state index in [2.05, 4.69) is 34.9 Å². The van der Waals surface area contributed by atoms with E-state index in [1.807, 2.05) is 30.5 Å². The van der Waals surface area contributed by atoms with Gasteiger partial charge in [0.1, 0.15) is 12.6 Å². The van der Waals surface area contributed by atoms with Crippen molar-refractivity contribution in [3.05, 3.63) is 59.7 Å². The van der Waals surface area contributed by atoms with Crippen molar-refractivity contribution in [2.75, 3.05) is 31.8 Å². The number of carboxylic acids is 1. The first kappa shape index (κ1) is 25.1. The van der Waals surface area contributed by atoms with Crippen LogP contribution in [0.2, 0.25) is 0 Å². The lowest BCUT2D eigenvalue weighted by Crippen LogP contribution is -2.44. The van der Waals surface area contributed by atoms with Crippen molar-refractivity contribution in [1.29, 1.82) is 0 Å². The Morgan fingerprint density at radius 3 is 2.40 bits per heavy atom. The Balaban J connectivity index is 1.23. The Kier molecular flexibility index (Phi) is 8.30. The van der Waals surface area contributed by atoms with Crippen LogP contribution in [0, 0.1) is 5.92 Å². The van der Waals surface area contributed by atoms with Crippen LogP contribution in [-0.2, 0) is 19.1 Å². The van der Waals surface area contributed by atoms with Gasteiger partial charge in [-0.2, -0.15) is 11.8 Å². The molecule has 0 aromatic heterocycles. The molecule has 1 fully saturated rings. The fraction of sp³-hybridized carbons (Fsp3) is 0.423. The van der Waals surface area contributed by atoms with Gasteiger partial charge in [0.15, 0.2) is 0 Å². The lowest BCUT2D eigenvalue weighted by molar-refractivity contribution is -0.142. The summed E-state index contributed by atoms with van der Waals surface area (Å²) in [5.41, 5.74) is 4.62. The lowest BCUT2D eigenvalue weighted by Gasteiger charge is -2.17. The highest BCUT2D eigenvalue weighted by atomic mass is 32.2. The van der Waals surface area contributed by atoms with E-state index < -0.39 is 24.0 Å². The van der Waals surface area contributed by atoms with Crippen molar-refractivity contribution in [3.8, 4) is 11.1 Å². The van der Waals surface area contributed by atoms with Crippen LogP contribution in [-0.4, -0.2) is 67.0 Å². The maximum atomic E-state index is 12.5. The lowest BCUT2D eigenvalue weighted by atomic mass is 9.98. The zero-order chi connectivity index (χ0) is 24.8. The number of fused-ring (bicyclic) bond motifs is 3. The first-order valence-electron chi connectivity index (χ1n) is 11.7. The minimum atomic E-state index is -1.04. The Hall–Kier alpha value is -3.04. The summed E-state index contributed by atoms with van der Waals surface area (Å²) >= 11 is 1.53. The van der Waals surface area contributed by atoms with Crippen molar-refractivity contribution in [1.82, 2.24) is 10.6 Å².